The summed E-state index contributed by atoms with van der Waals surface area (Å²) in [5.74, 6) is 0.569. The van der Waals surface area contributed by atoms with Crippen molar-refractivity contribution in [2.24, 2.45) is 11.3 Å². The molecule has 0 saturated heterocycles. The van der Waals surface area contributed by atoms with Gasteiger partial charge in [-0.2, -0.15) is 0 Å². The number of alkyl halides is 1. The fourth-order valence-electron chi connectivity index (χ4n) is 1.88. The van der Waals surface area contributed by atoms with Crippen molar-refractivity contribution in [2.75, 3.05) is 0 Å². The van der Waals surface area contributed by atoms with Gasteiger partial charge in [0, 0.05) is 0 Å². The highest BCUT2D eigenvalue weighted by molar-refractivity contribution is 6.29. The summed E-state index contributed by atoms with van der Waals surface area (Å²) in [6.07, 6.45) is 0. The van der Waals surface area contributed by atoms with E-state index in [-0.39, 0.29) is 10.3 Å². The fourth-order valence-corrected chi connectivity index (χ4v) is 2.26. The molecule has 1 saturated carbocycles. The van der Waals surface area contributed by atoms with Crippen LogP contribution in [0.1, 0.15) is 27.7 Å². The van der Waals surface area contributed by atoms with Crippen LogP contribution >= 0.6 is 11.6 Å². The molecular weight excluding hydrogens is 144 g/mol. The normalized spacial score (nSPS) is 43.1. The van der Waals surface area contributed by atoms with Crippen molar-refractivity contribution >= 4 is 11.6 Å². The Bertz CT molecular complexity index is 181. The minimum atomic E-state index is -0.118. The number of hydrogen-bond acceptors (Lipinski definition) is 0. The molecule has 0 bridgehead atoms. The smallest absolute Gasteiger partial charge is 0.0735 e. The predicted octanol–water partition coefficient (Wildman–Crippen LogP) is 3.22. The highest BCUT2D eigenvalue weighted by Crippen LogP contribution is 2.68. The van der Waals surface area contributed by atoms with Gasteiger partial charge in [0.1, 0.15) is 0 Å². The lowest BCUT2D eigenvalue weighted by Gasteiger charge is -2.10. The zero-order valence-corrected chi connectivity index (χ0v) is 7.92. The molecule has 1 aliphatic carbocycles. The van der Waals surface area contributed by atoms with Crippen LogP contribution in [0.3, 0.4) is 0 Å². The Hall–Kier alpha value is 0.0300. The van der Waals surface area contributed by atoms with Gasteiger partial charge in [0.15, 0.2) is 0 Å². The SMILES string of the molecule is C=C(C)C1(Cl)C(C)C1(C)C. The maximum absolute atomic E-state index is 6.32. The number of hydrogen-bond donors (Lipinski definition) is 0. The molecule has 0 aromatic heterocycles. The van der Waals surface area contributed by atoms with Crippen molar-refractivity contribution < 1.29 is 0 Å². The summed E-state index contributed by atoms with van der Waals surface area (Å²) in [7, 11) is 0. The zero-order valence-electron chi connectivity index (χ0n) is 7.16. The van der Waals surface area contributed by atoms with E-state index in [2.05, 4.69) is 27.4 Å². The zero-order chi connectivity index (χ0) is 8.15. The number of halogens is 1. The summed E-state index contributed by atoms with van der Waals surface area (Å²) in [5.41, 5.74) is 1.35. The lowest BCUT2D eigenvalue weighted by molar-refractivity contribution is 0.572. The van der Waals surface area contributed by atoms with Crippen LogP contribution in [-0.2, 0) is 0 Å². The van der Waals surface area contributed by atoms with Gasteiger partial charge in [0.05, 0.1) is 4.87 Å². The standard InChI is InChI=1S/C9H15Cl/c1-6(2)9(10)7(3)8(9,4)5/h7H,1H2,2-5H3. The number of rotatable bonds is 1. The molecule has 1 fully saturated rings. The molecule has 2 atom stereocenters. The molecule has 0 aromatic carbocycles. The first-order chi connectivity index (χ1) is 4.35. The van der Waals surface area contributed by atoms with Crippen LogP contribution in [-0.4, -0.2) is 4.87 Å². The van der Waals surface area contributed by atoms with Gasteiger partial charge >= 0.3 is 0 Å². The van der Waals surface area contributed by atoms with E-state index in [0.717, 1.165) is 5.57 Å². The first kappa shape index (κ1) is 8.13. The van der Waals surface area contributed by atoms with Gasteiger partial charge < -0.3 is 0 Å². The molecule has 58 valence electrons. The molecule has 1 rings (SSSR count). The second-order valence-electron chi connectivity index (χ2n) is 3.94. The maximum Gasteiger partial charge on any atom is 0.0735 e. The molecule has 0 N–H and O–H groups in total. The van der Waals surface area contributed by atoms with Gasteiger partial charge in [-0.3, -0.25) is 0 Å². The van der Waals surface area contributed by atoms with Gasteiger partial charge in [-0.25, -0.2) is 0 Å². The van der Waals surface area contributed by atoms with E-state index in [1.54, 1.807) is 0 Å². The molecular formula is C9H15Cl. The summed E-state index contributed by atoms with van der Waals surface area (Å²) < 4.78 is 0. The van der Waals surface area contributed by atoms with Crippen LogP contribution in [0, 0.1) is 11.3 Å². The molecule has 2 unspecified atom stereocenters. The van der Waals surface area contributed by atoms with Gasteiger partial charge in [-0.05, 0) is 18.3 Å². The van der Waals surface area contributed by atoms with E-state index in [1.165, 1.54) is 0 Å². The molecule has 0 aromatic rings. The lowest BCUT2D eigenvalue weighted by Crippen LogP contribution is -2.08. The minimum absolute atomic E-state index is 0.118. The average Bonchev–Trinajstić information content (AvgIpc) is 2.16. The van der Waals surface area contributed by atoms with Crippen LogP contribution in [0.5, 0.6) is 0 Å². The van der Waals surface area contributed by atoms with Gasteiger partial charge in [-0.15, -0.1) is 11.6 Å². The minimum Gasteiger partial charge on any atom is -0.114 e. The molecule has 10 heavy (non-hydrogen) atoms. The highest BCUT2D eigenvalue weighted by Gasteiger charge is 2.68. The largest absolute Gasteiger partial charge is 0.114 e. The van der Waals surface area contributed by atoms with Crippen molar-refractivity contribution in [1.82, 2.24) is 0 Å². The monoisotopic (exact) mass is 158 g/mol. The summed E-state index contributed by atoms with van der Waals surface area (Å²) in [6, 6.07) is 0. The first-order valence-corrected chi connectivity index (χ1v) is 4.08. The molecule has 0 amide bonds. The highest BCUT2D eigenvalue weighted by atomic mass is 35.5. The van der Waals surface area contributed by atoms with E-state index in [9.17, 15) is 0 Å². The summed E-state index contributed by atoms with van der Waals surface area (Å²) >= 11 is 6.32. The van der Waals surface area contributed by atoms with Gasteiger partial charge in [-0.1, -0.05) is 32.9 Å². The second-order valence-corrected chi connectivity index (χ2v) is 4.53. The number of allylic oxidation sites excluding steroid dienone is 1. The topological polar surface area (TPSA) is 0 Å². The molecule has 0 nitrogen and oxygen atoms in total. The van der Waals surface area contributed by atoms with Gasteiger partial charge in [0.25, 0.3) is 0 Å². The Morgan fingerprint density at radius 3 is 1.80 bits per heavy atom. The van der Waals surface area contributed by atoms with E-state index in [1.807, 2.05) is 6.92 Å². The van der Waals surface area contributed by atoms with E-state index >= 15 is 0 Å². The van der Waals surface area contributed by atoms with Crippen LogP contribution in [0.25, 0.3) is 0 Å². The molecule has 0 heterocycles. The van der Waals surface area contributed by atoms with Crippen LogP contribution in [0.4, 0.5) is 0 Å². The van der Waals surface area contributed by atoms with Crippen molar-refractivity contribution in [2.45, 2.75) is 32.6 Å². The Morgan fingerprint density at radius 2 is 1.80 bits per heavy atom. The van der Waals surface area contributed by atoms with Crippen molar-refractivity contribution in [3.8, 4) is 0 Å². The first-order valence-electron chi connectivity index (χ1n) is 3.70. The Morgan fingerprint density at radius 1 is 1.50 bits per heavy atom. The maximum atomic E-state index is 6.32. The quantitative estimate of drug-likeness (QED) is 0.406. The van der Waals surface area contributed by atoms with Crippen LogP contribution in [0.15, 0.2) is 12.2 Å². The van der Waals surface area contributed by atoms with E-state index in [4.69, 9.17) is 11.6 Å². The third-order valence-corrected chi connectivity index (χ3v) is 4.29. The summed E-state index contributed by atoms with van der Waals surface area (Å²) in [4.78, 5) is -0.118. The average molecular weight is 159 g/mol. The van der Waals surface area contributed by atoms with Crippen molar-refractivity contribution in [1.29, 1.82) is 0 Å². The van der Waals surface area contributed by atoms with Gasteiger partial charge in [0.2, 0.25) is 0 Å². The van der Waals surface area contributed by atoms with Crippen LogP contribution in [0.2, 0.25) is 0 Å². The molecule has 1 aliphatic rings. The van der Waals surface area contributed by atoms with E-state index < -0.39 is 0 Å². The Labute approximate surface area is 68.3 Å². The molecule has 0 radical (unpaired) electrons. The third-order valence-electron chi connectivity index (χ3n) is 3.15. The third kappa shape index (κ3) is 0.633. The summed E-state index contributed by atoms with van der Waals surface area (Å²) in [6.45, 7) is 12.5. The van der Waals surface area contributed by atoms with Crippen LogP contribution < -0.4 is 0 Å². The van der Waals surface area contributed by atoms with Crippen molar-refractivity contribution in [3.05, 3.63) is 12.2 Å². The molecule has 1 heteroatoms. The van der Waals surface area contributed by atoms with E-state index in [0.29, 0.717) is 5.92 Å². The Balaban J connectivity index is 2.88. The fraction of sp³-hybridized carbons (Fsp3) is 0.778. The summed E-state index contributed by atoms with van der Waals surface area (Å²) in [5, 5.41) is 0. The lowest BCUT2D eigenvalue weighted by atomic mass is 10.1. The predicted molar refractivity (Wildman–Crippen MR) is 46.3 cm³/mol. The molecule has 0 spiro atoms. The second kappa shape index (κ2) is 1.79. The molecule has 0 aliphatic heterocycles. The van der Waals surface area contributed by atoms with Crippen molar-refractivity contribution in [3.63, 3.8) is 0 Å². The Kier molecular flexibility index (Phi) is 1.46.